The quantitative estimate of drug-likeness (QED) is 0.755. The number of nitriles is 1. The SMILES string of the molecule is N#Cc1cc2cnc(N[C@H]3CCCNC3)cc2c(=O)[nH]1. The van der Waals surface area contributed by atoms with Crippen molar-refractivity contribution in [3.63, 3.8) is 0 Å². The van der Waals surface area contributed by atoms with Gasteiger partial charge in [0, 0.05) is 24.2 Å². The second-order valence-corrected chi connectivity index (χ2v) is 4.97. The Labute approximate surface area is 115 Å². The fourth-order valence-corrected chi connectivity index (χ4v) is 2.48. The highest BCUT2D eigenvalue weighted by Crippen LogP contribution is 2.15. The average molecular weight is 269 g/mol. The Morgan fingerprint density at radius 1 is 1.45 bits per heavy atom. The molecule has 2 aromatic rings. The Morgan fingerprint density at radius 3 is 3.10 bits per heavy atom. The van der Waals surface area contributed by atoms with Gasteiger partial charge in [0.15, 0.2) is 0 Å². The predicted molar refractivity (Wildman–Crippen MR) is 76.6 cm³/mol. The van der Waals surface area contributed by atoms with Gasteiger partial charge in [-0.05, 0) is 31.5 Å². The first kappa shape index (κ1) is 12.6. The van der Waals surface area contributed by atoms with Gasteiger partial charge in [-0.25, -0.2) is 4.98 Å². The Hall–Kier alpha value is -2.39. The van der Waals surface area contributed by atoms with Crippen molar-refractivity contribution in [2.75, 3.05) is 18.4 Å². The number of hydrogen-bond donors (Lipinski definition) is 3. The maximum atomic E-state index is 11.9. The number of piperidine rings is 1. The zero-order chi connectivity index (χ0) is 13.9. The van der Waals surface area contributed by atoms with Gasteiger partial charge in [0.2, 0.25) is 0 Å². The molecular weight excluding hydrogens is 254 g/mol. The second-order valence-electron chi connectivity index (χ2n) is 4.97. The lowest BCUT2D eigenvalue weighted by atomic mass is 10.1. The van der Waals surface area contributed by atoms with E-state index in [1.54, 1.807) is 18.3 Å². The van der Waals surface area contributed by atoms with E-state index >= 15 is 0 Å². The monoisotopic (exact) mass is 269 g/mol. The first-order valence-corrected chi connectivity index (χ1v) is 6.67. The van der Waals surface area contributed by atoms with Crippen molar-refractivity contribution in [3.05, 3.63) is 34.4 Å². The van der Waals surface area contributed by atoms with Crippen LogP contribution in [0.3, 0.4) is 0 Å². The minimum atomic E-state index is -0.258. The number of anilines is 1. The van der Waals surface area contributed by atoms with E-state index in [1.807, 2.05) is 6.07 Å². The van der Waals surface area contributed by atoms with Crippen molar-refractivity contribution < 1.29 is 0 Å². The van der Waals surface area contributed by atoms with Crippen molar-refractivity contribution in [2.45, 2.75) is 18.9 Å². The van der Waals surface area contributed by atoms with Gasteiger partial charge in [0.05, 0.1) is 5.39 Å². The minimum Gasteiger partial charge on any atom is -0.366 e. The number of nitrogens with one attached hydrogen (secondary N) is 3. The molecule has 0 radical (unpaired) electrons. The van der Waals surface area contributed by atoms with E-state index in [9.17, 15) is 4.79 Å². The van der Waals surface area contributed by atoms with Crippen LogP contribution in [0.4, 0.5) is 5.82 Å². The summed E-state index contributed by atoms with van der Waals surface area (Å²) >= 11 is 0. The molecule has 0 aromatic carbocycles. The standard InChI is InChI=1S/C14H15N5O/c15-6-11-4-9-7-17-13(5-12(9)14(20)19-11)18-10-2-1-3-16-8-10/h4-5,7,10,16H,1-3,8H2,(H,17,18)(H,19,20)/t10-/m0/s1. The van der Waals surface area contributed by atoms with E-state index in [-0.39, 0.29) is 11.3 Å². The third-order valence-corrected chi connectivity index (χ3v) is 3.50. The van der Waals surface area contributed by atoms with Gasteiger partial charge < -0.3 is 15.6 Å². The second kappa shape index (κ2) is 5.31. The molecule has 0 unspecified atom stereocenters. The number of H-pyrrole nitrogens is 1. The summed E-state index contributed by atoms with van der Waals surface area (Å²) in [5.74, 6) is 0.696. The van der Waals surface area contributed by atoms with E-state index in [0.29, 0.717) is 22.6 Å². The van der Waals surface area contributed by atoms with Gasteiger partial charge in [-0.2, -0.15) is 5.26 Å². The van der Waals surface area contributed by atoms with Crippen LogP contribution in [0.25, 0.3) is 10.8 Å². The molecule has 1 saturated heterocycles. The molecular formula is C14H15N5O. The van der Waals surface area contributed by atoms with Gasteiger partial charge in [-0.1, -0.05) is 0 Å². The third kappa shape index (κ3) is 2.49. The number of nitrogens with zero attached hydrogens (tertiary/aromatic N) is 2. The largest absolute Gasteiger partial charge is 0.366 e. The molecule has 0 aliphatic carbocycles. The van der Waals surface area contributed by atoms with Crippen LogP contribution in [-0.2, 0) is 0 Å². The number of pyridine rings is 2. The summed E-state index contributed by atoms with van der Waals surface area (Å²) in [6.07, 6.45) is 3.86. The Morgan fingerprint density at radius 2 is 2.35 bits per heavy atom. The number of fused-ring (bicyclic) bond motifs is 1. The van der Waals surface area contributed by atoms with E-state index in [2.05, 4.69) is 20.6 Å². The van der Waals surface area contributed by atoms with Crippen LogP contribution in [0.1, 0.15) is 18.5 Å². The van der Waals surface area contributed by atoms with Crippen molar-refractivity contribution in [3.8, 4) is 6.07 Å². The lowest BCUT2D eigenvalue weighted by Gasteiger charge is -2.24. The molecule has 1 aliphatic rings. The zero-order valence-corrected chi connectivity index (χ0v) is 10.9. The van der Waals surface area contributed by atoms with Crippen LogP contribution in [0.2, 0.25) is 0 Å². The maximum Gasteiger partial charge on any atom is 0.257 e. The molecule has 1 aliphatic heterocycles. The van der Waals surface area contributed by atoms with E-state index in [4.69, 9.17) is 5.26 Å². The summed E-state index contributed by atoms with van der Waals surface area (Å²) in [5.41, 5.74) is -0.00670. The minimum absolute atomic E-state index is 0.251. The van der Waals surface area contributed by atoms with Crippen LogP contribution in [0.5, 0.6) is 0 Å². The molecule has 1 atom stereocenters. The zero-order valence-electron chi connectivity index (χ0n) is 10.9. The van der Waals surface area contributed by atoms with Crippen molar-refractivity contribution in [1.82, 2.24) is 15.3 Å². The molecule has 20 heavy (non-hydrogen) atoms. The highest BCUT2D eigenvalue weighted by Gasteiger charge is 2.13. The van der Waals surface area contributed by atoms with Crippen LogP contribution in [-0.4, -0.2) is 29.1 Å². The molecule has 0 saturated carbocycles. The van der Waals surface area contributed by atoms with Crippen molar-refractivity contribution >= 4 is 16.6 Å². The summed E-state index contributed by atoms with van der Waals surface area (Å²) in [6.45, 7) is 1.96. The third-order valence-electron chi connectivity index (χ3n) is 3.50. The van der Waals surface area contributed by atoms with Gasteiger partial charge >= 0.3 is 0 Å². The van der Waals surface area contributed by atoms with E-state index in [0.717, 1.165) is 25.9 Å². The molecule has 102 valence electrons. The first-order valence-electron chi connectivity index (χ1n) is 6.67. The van der Waals surface area contributed by atoms with Gasteiger partial charge in [0.25, 0.3) is 5.56 Å². The summed E-state index contributed by atoms with van der Waals surface area (Å²) in [6, 6.07) is 5.65. The normalized spacial score (nSPS) is 18.6. The molecule has 0 bridgehead atoms. The molecule has 2 aromatic heterocycles. The number of aromatic amines is 1. The molecule has 3 N–H and O–H groups in total. The van der Waals surface area contributed by atoms with Gasteiger partial charge in [-0.3, -0.25) is 4.79 Å². The van der Waals surface area contributed by atoms with Gasteiger partial charge in [-0.15, -0.1) is 0 Å². The van der Waals surface area contributed by atoms with Crippen LogP contribution >= 0.6 is 0 Å². The molecule has 6 nitrogen and oxygen atoms in total. The molecule has 0 amide bonds. The molecule has 1 fully saturated rings. The fourth-order valence-electron chi connectivity index (χ4n) is 2.48. The van der Waals surface area contributed by atoms with Crippen LogP contribution < -0.4 is 16.2 Å². The fraction of sp³-hybridized carbons (Fsp3) is 0.357. The summed E-state index contributed by atoms with van der Waals surface area (Å²) in [4.78, 5) is 18.8. The van der Waals surface area contributed by atoms with Crippen LogP contribution in [0, 0.1) is 11.3 Å². The van der Waals surface area contributed by atoms with Gasteiger partial charge in [0.1, 0.15) is 17.6 Å². The summed E-state index contributed by atoms with van der Waals surface area (Å²) < 4.78 is 0. The first-order chi connectivity index (χ1) is 9.76. The summed E-state index contributed by atoms with van der Waals surface area (Å²) in [5, 5.41) is 16.7. The van der Waals surface area contributed by atoms with Crippen molar-refractivity contribution in [1.29, 1.82) is 5.26 Å². The van der Waals surface area contributed by atoms with Crippen molar-refractivity contribution in [2.24, 2.45) is 0 Å². The predicted octanol–water partition coefficient (Wildman–Crippen LogP) is 0.959. The number of aromatic nitrogens is 2. The number of rotatable bonds is 2. The Bertz CT molecular complexity index is 724. The van der Waals surface area contributed by atoms with E-state index in [1.165, 1.54) is 0 Å². The maximum absolute atomic E-state index is 11.9. The number of hydrogen-bond acceptors (Lipinski definition) is 5. The highest BCUT2D eigenvalue weighted by molar-refractivity contribution is 5.83. The molecule has 0 spiro atoms. The average Bonchev–Trinajstić information content (AvgIpc) is 2.48. The Kier molecular flexibility index (Phi) is 3.35. The smallest absolute Gasteiger partial charge is 0.257 e. The lowest BCUT2D eigenvalue weighted by Crippen LogP contribution is -2.38. The molecule has 6 heteroatoms. The van der Waals surface area contributed by atoms with E-state index < -0.39 is 0 Å². The Balaban J connectivity index is 1.92. The topological polar surface area (TPSA) is 93.6 Å². The highest BCUT2D eigenvalue weighted by atomic mass is 16.1. The summed E-state index contributed by atoms with van der Waals surface area (Å²) in [7, 11) is 0. The molecule has 3 heterocycles. The van der Waals surface area contributed by atoms with Crippen LogP contribution in [0.15, 0.2) is 23.1 Å². The molecule has 3 rings (SSSR count). The lowest BCUT2D eigenvalue weighted by molar-refractivity contribution is 0.479.